The Hall–Kier alpha value is -1.78. The number of amides is 2. The summed E-state index contributed by atoms with van der Waals surface area (Å²) >= 11 is 0. The van der Waals surface area contributed by atoms with Crippen molar-refractivity contribution < 1.29 is 4.79 Å². The molecule has 3 rings (SSSR count). The summed E-state index contributed by atoms with van der Waals surface area (Å²) in [7, 11) is 1.92. The zero-order chi connectivity index (χ0) is 17.6. The monoisotopic (exact) mass is 344 g/mol. The van der Waals surface area contributed by atoms with Crippen LogP contribution in [0, 0.1) is 5.92 Å². The average Bonchev–Trinajstić information content (AvgIpc) is 2.67. The van der Waals surface area contributed by atoms with Gasteiger partial charge in [0.1, 0.15) is 5.82 Å². The zero-order valence-electron chi connectivity index (χ0n) is 15.7. The molecule has 1 saturated heterocycles. The molecule has 1 saturated carbocycles. The van der Waals surface area contributed by atoms with Crippen LogP contribution in [0.1, 0.15) is 57.4 Å². The maximum absolute atomic E-state index is 12.3. The molecule has 1 aliphatic heterocycles. The highest BCUT2D eigenvalue weighted by Gasteiger charge is 2.22. The van der Waals surface area contributed by atoms with Gasteiger partial charge in [-0.2, -0.15) is 0 Å². The second-order valence-electron chi connectivity index (χ2n) is 7.76. The highest BCUT2D eigenvalue weighted by molar-refractivity contribution is 5.74. The van der Waals surface area contributed by atoms with Gasteiger partial charge in [0.15, 0.2) is 0 Å². The quantitative estimate of drug-likeness (QED) is 0.904. The fourth-order valence-electron chi connectivity index (χ4n) is 3.88. The van der Waals surface area contributed by atoms with Crippen LogP contribution in [-0.4, -0.2) is 42.1 Å². The van der Waals surface area contributed by atoms with Crippen molar-refractivity contribution in [3.63, 3.8) is 0 Å². The number of anilines is 1. The first-order valence-corrected chi connectivity index (χ1v) is 9.84. The molecule has 2 amide bonds. The third kappa shape index (κ3) is 4.86. The summed E-state index contributed by atoms with van der Waals surface area (Å²) in [6, 6.07) is 4.60. The maximum Gasteiger partial charge on any atom is 0.317 e. The number of nitrogens with one attached hydrogen (secondary N) is 1. The highest BCUT2D eigenvalue weighted by Crippen LogP contribution is 2.22. The number of aromatic nitrogens is 1. The first-order valence-electron chi connectivity index (χ1n) is 9.84. The molecule has 5 heteroatoms. The number of hydrogen-bond acceptors (Lipinski definition) is 3. The molecule has 1 N–H and O–H groups in total. The summed E-state index contributed by atoms with van der Waals surface area (Å²) in [6.45, 7) is 5.05. The summed E-state index contributed by atoms with van der Waals surface area (Å²) < 4.78 is 0. The SMILES string of the molecule is CC1CCN(c2ccc(CNC(=O)N(C)C3CCCCC3)cn2)CC1. The molecule has 1 aromatic rings. The van der Waals surface area contributed by atoms with Crippen LogP contribution in [0.2, 0.25) is 0 Å². The second kappa shape index (κ2) is 8.54. The minimum atomic E-state index is 0.0287. The molecular weight excluding hydrogens is 312 g/mol. The van der Waals surface area contributed by atoms with E-state index in [9.17, 15) is 4.79 Å². The second-order valence-corrected chi connectivity index (χ2v) is 7.76. The van der Waals surface area contributed by atoms with E-state index in [2.05, 4.69) is 34.3 Å². The predicted molar refractivity (Wildman–Crippen MR) is 102 cm³/mol. The van der Waals surface area contributed by atoms with E-state index in [0.717, 1.165) is 43.2 Å². The van der Waals surface area contributed by atoms with Gasteiger partial charge in [0.05, 0.1) is 0 Å². The molecular formula is C20H32N4O. The number of rotatable bonds is 4. The Labute approximate surface area is 151 Å². The fourth-order valence-corrected chi connectivity index (χ4v) is 3.88. The lowest BCUT2D eigenvalue weighted by Gasteiger charge is -2.31. The van der Waals surface area contributed by atoms with E-state index in [1.165, 1.54) is 32.1 Å². The van der Waals surface area contributed by atoms with Crippen molar-refractivity contribution in [3.05, 3.63) is 23.9 Å². The topological polar surface area (TPSA) is 48.5 Å². The molecule has 0 bridgehead atoms. The van der Waals surface area contributed by atoms with Crippen LogP contribution in [0.25, 0.3) is 0 Å². The fraction of sp³-hybridized carbons (Fsp3) is 0.700. The third-order valence-corrected chi connectivity index (χ3v) is 5.80. The molecule has 1 aliphatic carbocycles. The van der Waals surface area contributed by atoms with Gasteiger partial charge in [-0.05, 0) is 43.2 Å². The number of piperidine rings is 1. The molecule has 0 radical (unpaired) electrons. The summed E-state index contributed by atoms with van der Waals surface area (Å²) in [5, 5.41) is 3.03. The Kier molecular flexibility index (Phi) is 6.16. The molecule has 0 aromatic carbocycles. The highest BCUT2D eigenvalue weighted by atomic mass is 16.2. The zero-order valence-corrected chi connectivity index (χ0v) is 15.7. The van der Waals surface area contributed by atoms with Gasteiger partial charge in [-0.3, -0.25) is 0 Å². The Morgan fingerprint density at radius 2 is 1.92 bits per heavy atom. The van der Waals surface area contributed by atoms with Crippen molar-refractivity contribution in [2.75, 3.05) is 25.0 Å². The number of carbonyl (C=O) groups is 1. The minimum Gasteiger partial charge on any atom is -0.357 e. The van der Waals surface area contributed by atoms with E-state index in [1.54, 1.807) is 0 Å². The Morgan fingerprint density at radius 3 is 2.56 bits per heavy atom. The van der Waals surface area contributed by atoms with Crippen molar-refractivity contribution in [1.82, 2.24) is 15.2 Å². The van der Waals surface area contributed by atoms with Crippen LogP contribution in [0.3, 0.4) is 0 Å². The van der Waals surface area contributed by atoms with Gasteiger partial charge < -0.3 is 15.1 Å². The van der Waals surface area contributed by atoms with Crippen LogP contribution in [0.5, 0.6) is 0 Å². The van der Waals surface area contributed by atoms with Gasteiger partial charge >= 0.3 is 6.03 Å². The van der Waals surface area contributed by atoms with Crippen molar-refractivity contribution >= 4 is 11.8 Å². The van der Waals surface area contributed by atoms with Gasteiger partial charge in [0.25, 0.3) is 0 Å². The van der Waals surface area contributed by atoms with Crippen molar-refractivity contribution in [2.45, 2.75) is 64.5 Å². The van der Waals surface area contributed by atoms with Gasteiger partial charge in [0.2, 0.25) is 0 Å². The molecule has 1 aromatic heterocycles. The van der Waals surface area contributed by atoms with Crippen molar-refractivity contribution in [2.24, 2.45) is 5.92 Å². The van der Waals surface area contributed by atoms with Crippen LogP contribution in [0.4, 0.5) is 10.6 Å². The lowest BCUT2D eigenvalue weighted by atomic mass is 9.95. The molecule has 0 atom stereocenters. The van der Waals surface area contributed by atoms with Gasteiger partial charge in [0, 0.05) is 38.9 Å². The third-order valence-electron chi connectivity index (χ3n) is 5.80. The smallest absolute Gasteiger partial charge is 0.317 e. The largest absolute Gasteiger partial charge is 0.357 e. The summed E-state index contributed by atoms with van der Waals surface area (Å²) in [6.07, 6.45) is 10.4. The molecule has 25 heavy (non-hydrogen) atoms. The van der Waals surface area contributed by atoms with Crippen molar-refractivity contribution in [3.8, 4) is 0 Å². The van der Waals surface area contributed by atoms with Crippen LogP contribution < -0.4 is 10.2 Å². The average molecular weight is 345 g/mol. The summed E-state index contributed by atoms with van der Waals surface area (Å²) in [5.74, 6) is 1.88. The molecule has 138 valence electrons. The molecule has 0 unspecified atom stereocenters. The van der Waals surface area contributed by atoms with E-state index >= 15 is 0 Å². The number of nitrogens with zero attached hydrogens (tertiary/aromatic N) is 3. The number of urea groups is 1. The molecule has 2 fully saturated rings. The number of pyridine rings is 1. The standard InChI is InChI=1S/C20H32N4O/c1-16-10-12-24(13-11-16)19-9-8-17(14-21-19)15-22-20(25)23(2)18-6-4-3-5-7-18/h8-9,14,16,18H,3-7,10-13,15H2,1-2H3,(H,22,25). The predicted octanol–water partition coefficient (Wildman–Crippen LogP) is 3.79. The van der Waals surface area contributed by atoms with E-state index in [1.807, 2.05) is 18.1 Å². The van der Waals surface area contributed by atoms with Crippen molar-refractivity contribution in [1.29, 1.82) is 0 Å². The summed E-state index contributed by atoms with van der Waals surface area (Å²) in [4.78, 5) is 21.2. The maximum atomic E-state index is 12.3. The Morgan fingerprint density at radius 1 is 1.20 bits per heavy atom. The molecule has 2 aliphatic rings. The van der Waals surface area contributed by atoms with E-state index in [0.29, 0.717) is 12.6 Å². The molecule has 5 nitrogen and oxygen atoms in total. The van der Waals surface area contributed by atoms with Gasteiger partial charge in [-0.15, -0.1) is 0 Å². The van der Waals surface area contributed by atoms with E-state index in [-0.39, 0.29) is 6.03 Å². The first-order chi connectivity index (χ1) is 12.1. The van der Waals surface area contributed by atoms with Crippen LogP contribution >= 0.6 is 0 Å². The molecule has 2 heterocycles. The number of carbonyl (C=O) groups excluding carboxylic acids is 1. The summed E-state index contributed by atoms with van der Waals surface area (Å²) in [5.41, 5.74) is 1.06. The molecule has 0 spiro atoms. The lowest BCUT2D eigenvalue weighted by Crippen LogP contribution is -2.44. The van der Waals surface area contributed by atoms with Crippen LogP contribution in [-0.2, 0) is 6.54 Å². The van der Waals surface area contributed by atoms with E-state index < -0.39 is 0 Å². The Bertz CT molecular complexity index is 545. The minimum absolute atomic E-state index is 0.0287. The van der Waals surface area contributed by atoms with Gasteiger partial charge in [-0.1, -0.05) is 32.3 Å². The van der Waals surface area contributed by atoms with E-state index in [4.69, 9.17) is 0 Å². The Balaban J connectivity index is 1.47. The van der Waals surface area contributed by atoms with Gasteiger partial charge in [-0.25, -0.2) is 9.78 Å². The first kappa shape index (κ1) is 18.0. The normalized spacial score (nSPS) is 19.7. The lowest BCUT2D eigenvalue weighted by molar-refractivity contribution is 0.173. The number of hydrogen-bond donors (Lipinski definition) is 1. The van der Waals surface area contributed by atoms with Crippen LogP contribution in [0.15, 0.2) is 18.3 Å².